The molecule has 5 unspecified atom stereocenters. The van der Waals surface area contributed by atoms with Crippen molar-refractivity contribution < 1.29 is 19.8 Å². The highest BCUT2D eigenvalue weighted by molar-refractivity contribution is 8.00. The van der Waals surface area contributed by atoms with Gasteiger partial charge in [0, 0.05) is 22.6 Å². The minimum Gasteiger partial charge on any atom is -0.393 e. The second kappa shape index (κ2) is 8.47. The molecular formula is C29H34N2O4S. The number of allylic oxidation sites excluding steroid dienone is 1. The van der Waals surface area contributed by atoms with E-state index in [1.54, 1.807) is 6.20 Å². The van der Waals surface area contributed by atoms with E-state index in [1.165, 1.54) is 17.3 Å². The lowest BCUT2D eigenvalue weighted by Gasteiger charge is -2.60. The van der Waals surface area contributed by atoms with Crippen molar-refractivity contribution in [3.8, 4) is 0 Å². The first-order valence-electron chi connectivity index (χ1n) is 13.2. The second-order valence-electron chi connectivity index (χ2n) is 11.9. The Morgan fingerprint density at radius 3 is 2.81 bits per heavy atom. The van der Waals surface area contributed by atoms with Gasteiger partial charge in [-0.1, -0.05) is 55.4 Å². The van der Waals surface area contributed by atoms with E-state index in [0.29, 0.717) is 24.3 Å². The SMILES string of the molecule is CC12CCC(=O)C=C1CCC1C2[C@@H](O)CC2(C)C1CC[C@]2(O)C(=O)CSc1nncc2ccccc12. The van der Waals surface area contributed by atoms with E-state index in [4.69, 9.17) is 0 Å². The Hall–Kier alpha value is -2.09. The molecule has 2 aromatic rings. The first-order chi connectivity index (χ1) is 17.2. The Labute approximate surface area is 216 Å². The number of Topliss-reactive ketones (excluding diaryl/α,β-unsaturated/α-hetero) is 1. The molecule has 7 heteroatoms. The number of fused-ring (bicyclic) bond motifs is 6. The lowest BCUT2D eigenvalue weighted by atomic mass is 9.45. The van der Waals surface area contributed by atoms with E-state index in [1.807, 2.05) is 37.3 Å². The summed E-state index contributed by atoms with van der Waals surface area (Å²) < 4.78 is 0. The summed E-state index contributed by atoms with van der Waals surface area (Å²) in [5.74, 6) is 0.638. The van der Waals surface area contributed by atoms with Crippen LogP contribution in [0.25, 0.3) is 10.8 Å². The van der Waals surface area contributed by atoms with Gasteiger partial charge in [0.2, 0.25) is 0 Å². The van der Waals surface area contributed by atoms with Crippen LogP contribution in [0.3, 0.4) is 0 Å². The molecule has 36 heavy (non-hydrogen) atoms. The monoisotopic (exact) mass is 506 g/mol. The van der Waals surface area contributed by atoms with Crippen LogP contribution in [0.5, 0.6) is 0 Å². The van der Waals surface area contributed by atoms with E-state index in [9.17, 15) is 19.8 Å². The third-order valence-electron chi connectivity index (χ3n) is 10.4. The molecule has 4 aliphatic rings. The lowest BCUT2D eigenvalue weighted by molar-refractivity contribution is -0.178. The maximum Gasteiger partial charge on any atom is 0.175 e. The first-order valence-corrected chi connectivity index (χ1v) is 14.2. The van der Waals surface area contributed by atoms with Crippen molar-refractivity contribution in [3.63, 3.8) is 0 Å². The minimum absolute atomic E-state index is 0.0708. The lowest BCUT2D eigenvalue weighted by Crippen LogP contribution is -2.61. The van der Waals surface area contributed by atoms with Crippen molar-refractivity contribution in [2.75, 3.05) is 5.75 Å². The van der Waals surface area contributed by atoms with Crippen LogP contribution in [0, 0.1) is 28.6 Å². The number of hydrogen-bond acceptors (Lipinski definition) is 7. The van der Waals surface area contributed by atoms with E-state index in [0.717, 1.165) is 36.5 Å². The Morgan fingerprint density at radius 2 is 1.97 bits per heavy atom. The van der Waals surface area contributed by atoms with Crippen LogP contribution >= 0.6 is 11.8 Å². The minimum atomic E-state index is -1.46. The molecule has 0 radical (unpaired) electrons. The van der Waals surface area contributed by atoms with Crippen LogP contribution in [0.1, 0.15) is 58.8 Å². The number of nitrogens with zero attached hydrogens (tertiary/aromatic N) is 2. The maximum absolute atomic E-state index is 13.7. The zero-order valence-electron chi connectivity index (χ0n) is 20.9. The number of ketones is 2. The Kier molecular flexibility index (Phi) is 5.71. The zero-order valence-corrected chi connectivity index (χ0v) is 21.8. The predicted octanol–water partition coefficient (Wildman–Crippen LogP) is 4.52. The Balaban J connectivity index is 1.26. The number of carbonyl (C=O) groups is 2. The second-order valence-corrected chi connectivity index (χ2v) is 12.9. The first kappa shape index (κ1) is 24.3. The molecule has 6 rings (SSSR count). The standard InChI is InChI=1S/C29H34N2O4S/c1-27-11-9-19(32)13-18(27)7-8-21-22-10-12-29(35,28(22,2)14-23(33)25(21)27)24(34)16-36-26-20-6-4-3-5-17(20)15-30-31-26/h3-6,13,15,21-23,25,33,35H,7-12,14,16H2,1-2H3/t21?,22?,23-,25?,27?,28?,29-/m0/s1. The summed E-state index contributed by atoms with van der Waals surface area (Å²) in [6.07, 6.45) is 7.67. The summed E-state index contributed by atoms with van der Waals surface area (Å²) in [6.45, 7) is 4.25. The summed E-state index contributed by atoms with van der Waals surface area (Å²) >= 11 is 1.33. The molecule has 7 atom stereocenters. The van der Waals surface area contributed by atoms with E-state index in [2.05, 4.69) is 17.1 Å². The van der Waals surface area contributed by atoms with Crippen LogP contribution in [0.4, 0.5) is 0 Å². The number of aliphatic hydroxyl groups is 2. The normalized spacial score (nSPS) is 39.8. The molecule has 190 valence electrons. The van der Waals surface area contributed by atoms with Crippen molar-refractivity contribution in [2.24, 2.45) is 28.6 Å². The number of aliphatic hydroxyl groups excluding tert-OH is 1. The Morgan fingerprint density at radius 1 is 1.17 bits per heavy atom. The fourth-order valence-corrected chi connectivity index (χ4v) is 9.46. The van der Waals surface area contributed by atoms with E-state index >= 15 is 0 Å². The van der Waals surface area contributed by atoms with Gasteiger partial charge in [0.15, 0.2) is 11.6 Å². The van der Waals surface area contributed by atoms with Crippen molar-refractivity contribution in [2.45, 2.75) is 75.5 Å². The predicted molar refractivity (Wildman–Crippen MR) is 138 cm³/mol. The third-order valence-corrected chi connectivity index (χ3v) is 11.4. The van der Waals surface area contributed by atoms with Gasteiger partial charge in [-0.15, -0.1) is 5.10 Å². The highest BCUT2D eigenvalue weighted by atomic mass is 32.2. The van der Waals surface area contributed by atoms with Gasteiger partial charge < -0.3 is 10.2 Å². The number of thioether (sulfide) groups is 1. The molecule has 0 saturated heterocycles. The summed E-state index contributed by atoms with van der Waals surface area (Å²) in [6, 6.07) is 7.84. The highest BCUT2D eigenvalue weighted by Crippen LogP contribution is 2.67. The molecule has 0 bridgehead atoms. The quantitative estimate of drug-likeness (QED) is 0.588. The third kappa shape index (κ3) is 3.38. The van der Waals surface area contributed by atoms with Gasteiger partial charge in [-0.05, 0) is 67.8 Å². The molecule has 0 aliphatic heterocycles. The molecule has 0 spiro atoms. The largest absolute Gasteiger partial charge is 0.393 e. The van der Waals surface area contributed by atoms with Crippen LogP contribution in [-0.2, 0) is 9.59 Å². The van der Waals surface area contributed by atoms with Crippen LogP contribution in [-0.4, -0.2) is 49.4 Å². The molecule has 1 aromatic heterocycles. The number of rotatable bonds is 4. The molecule has 3 saturated carbocycles. The summed E-state index contributed by atoms with van der Waals surface area (Å²) in [7, 11) is 0. The zero-order chi connectivity index (χ0) is 25.3. The smallest absolute Gasteiger partial charge is 0.175 e. The van der Waals surface area contributed by atoms with Crippen LogP contribution < -0.4 is 0 Å². The molecule has 6 nitrogen and oxygen atoms in total. The molecular weight excluding hydrogens is 472 g/mol. The van der Waals surface area contributed by atoms with Crippen molar-refractivity contribution >= 4 is 34.1 Å². The molecule has 4 aliphatic carbocycles. The van der Waals surface area contributed by atoms with Crippen molar-refractivity contribution in [3.05, 3.63) is 42.1 Å². The van der Waals surface area contributed by atoms with Crippen molar-refractivity contribution in [1.29, 1.82) is 0 Å². The van der Waals surface area contributed by atoms with Gasteiger partial charge in [-0.2, -0.15) is 5.10 Å². The fourth-order valence-electron chi connectivity index (χ4n) is 8.51. The molecule has 1 heterocycles. The van der Waals surface area contributed by atoms with Gasteiger partial charge in [-0.25, -0.2) is 0 Å². The Bertz CT molecular complexity index is 1270. The molecule has 0 amide bonds. The van der Waals surface area contributed by atoms with Gasteiger partial charge in [0.05, 0.1) is 18.1 Å². The summed E-state index contributed by atoms with van der Waals surface area (Å²) in [4.78, 5) is 25.8. The summed E-state index contributed by atoms with van der Waals surface area (Å²) in [5.41, 5.74) is -1.11. The van der Waals surface area contributed by atoms with Gasteiger partial charge in [0.25, 0.3) is 0 Å². The van der Waals surface area contributed by atoms with Gasteiger partial charge >= 0.3 is 0 Å². The van der Waals surface area contributed by atoms with Crippen molar-refractivity contribution in [1.82, 2.24) is 10.2 Å². The van der Waals surface area contributed by atoms with Crippen LogP contribution in [0.15, 0.2) is 47.1 Å². The number of benzene rings is 1. The van der Waals surface area contributed by atoms with E-state index < -0.39 is 17.1 Å². The van der Waals surface area contributed by atoms with Crippen LogP contribution in [0.2, 0.25) is 0 Å². The van der Waals surface area contributed by atoms with Gasteiger partial charge in [-0.3, -0.25) is 9.59 Å². The molecule has 2 N–H and O–H groups in total. The topological polar surface area (TPSA) is 100 Å². The fraction of sp³-hybridized carbons (Fsp3) is 0.586. The number of aromatic nitrogens is 2. The molecule has 3 fully saturated rings. The average molecular weight is 507 g/mol. The molecule has 1 aromatic carbocycles. The summed E-state index contributed by atoms with van der Waals surface area (Å²) in [5, 5.41) is 34.5. The van der Waals surface area contributed by atoms with E-state index in [-0.39, 0.29) is 40.5 Å². The average Bonchev–Trinajstić information content (AvgIpc) is 3.13. The van der Waals surface area contributed by atoms with Gasteiger partial charge in [0.1, 0.15) is 10.6 Å². The maximum atomic E-state index is 13.7. The number of carbonyl (C=O) groups excluding carboxylic acids is 2. The number of hydrogen-bond donors (Lipinski definition) is 2. The highest BCUT2D eigenvalue weighted by Gasteiger charge is 2.68.